The molecule has 0 fully saturated rings. The molecule has 120 valence electrons. The monoisotopic (exact) mass is 308 g/mol. The predicted molar refractivity (Wildman–Crippen MR) is 78.4 cm³/mol. The van der Waals surface area contributed by atoms with Crippen LogP contribution in [0.3, 0.4) is 0 Å². The summed E-state index contributed by atoms with van der Waals surface area (Å²) >= 11 is 0. The number of ether oxygens (including phenoxy) is 2. The third-order valence-corrected chi connectivity index (χ3v) is 3.11. The van der Waals surface area contributed by atoms with E-state index in [0.29, 0.717) is 23.5 Å². The van der Waals surface area contributed by atoms with Gasteiger partial charge in [-0.25, -0.2) is 0 Å². The highest BCUT2D eigenvalue weighted by atomic mass is 16.7. The quantitative estimate of drug-likeness (QED) is 0.688. The van der Waals surface area contributed by atoms with Crippen LogP contribution in [0.15, 0.2) is 18.2 Å². The maximum Gasteiger partial charge on any atom is 0.309 e. The van der Waals surface area contributed by atoms with E-state index in [9.17, 15) is 14.7 Å². The van der Waals surface area contributed by atoms with Crippen LogP contribution < -0.4 is 20.1 Å². The Balaban J connectivity index is 1.79. The number of benzene rings is 1. The summed E-state index contributed by atoms with van der Waals surface area (Å²) < 4.78 is 10.4. The van der Waals surface area contributed by atoms with Crippen LogP contribution in [0, 0.1) is 0 Å². The zero-order valence-corrected chi connectivity index (χ0v) is 12.6. The Kier molecular flexibility index (Phi) is 5.21. The minimum Gasteiger partial charge on any atom is -0.454 e. The van der Waals surface area contributed by atoms with Crippen molar-refractivity contribution in [2.24, 2.45) is 0 Å². The highest BCUT2D eigenvalue weighted by molar-refractivity contribution is 6.35. The van der Waals surface area contributed by atoms with Crippen molar-refractivity contribution in [1.29, 1.82) is 0 Å². The molecule has 0 saturated carbocycles. The van der Waals surface area contributed by atoms with Gasteiger partial charge in [0, 0.05) is 12.6 Å². The Labute approximate surface area is 128 Å². The summed E-state index contributed by atoms with van der Waals surface area (Å²) in [6.45, 7) is 3.92. The molecule has 1 aromatic carbocycles. The van der Waals surface area contributed by atoms with E-state index in [4.69, 9.17) is 9.47 Å². The summed E-state index contributed by atoms with van der Waals surface area (Å²) in [5.74, 6) is -0.134. The van der Waals surface area contributed by atoms with E-state index < -0.39 is 17.9 Å². The summed E-state index contributed by atoms with van der Waals surface area (Å²) in [7, 11) is 0. The molecule has 2 rings (SSSR count). The first-order valence-electron chi connectivity index (χ1n) is 7.13. The fourth-order valence-corrected chi connectivity index (χ4v) is 2.02. The molecule has 0 spiro atoms. The van der Waals surface area contributed by atoms with Gasteiger partial charge in [0.2, 0.25) is 6.79 Å². The van der Waals surface area contributed by atoms with Crippen LogP contribution >= 0.6 is 0 Å². The number of aliphatic hydroxyl groups is 1. The van der Waals surface area contributed by atoms with Crippen molar-refractivity contribution in [2.45, 2.75) is 32.4 Å². The number of hydrogen-bond donors (Lipinski definition) is 3. The van der Waals surface area contributed by atoms with Gasteiger partial charge in [0.05, 0.1) is 6.10 Å². The predicted octanol–water partition coefficient (Wildman–Crippen LogP) is 0.480. The number of carbonyl (C=O) groups is 2. The first-order chi connectivity index (χ1) is 10.5. The lowest BCUT2D eigenvalue weighted by atomic mass is 10.1. The number of hydrogen-bond acceptors (Lipinski definition) is 5. The van der Waals surface area contributed by atoms with Crippen molar-refractivity contribution in [1.82, 2.24) is 10.6 Å². The maximum absolute atomic E-state index is 11.5. The molecule has 1 aliphatic rings. The van der Waals surface area contributed by atoms with E-state index in [1.807, 2.05) is 0 Å². The van der Waals surface area contributed by atoms with Crippen LogP contribution in [0.25, 0.3) is 0 Å². The molecular formula is C15H20N2O5. The Morgan fingerprint density at radius 2 is 1.95 bits per heavy atom. The second-order valence-electron chi connectivity index (χ2n) is 5.30. The topological polar surface area (TPSA) is 96.9 Å². The smallest absolute Gasteiger partial charge is 0.309 e. The van der Waals surface area contributed by atoms with Crippen LogP contribution in [-0.2, 0) is 9.59 Å². The van der Waals surface area contributed by atoms with Gasteiger partial charge in [0.1, 0.15) is 0 Å². The number of amides is 2. The number of nitrogens with one attached hydrogen (secondary N) is 2. The Hall–Kier alpha value is -2.28. The molecule has 3 N–H and O–H groups in total. The van der Waals surface area contributed by atoms with E-state index >= 15 is 0 Å². The Bertz CT molecular complexity index is 559. The Morgan fingerprint density at radius 1 is 1.23 bits per heavy atom. The molecule has 0 aromatic heterocycles. The minimum atomic E-state index is -0.761. The molecule has 7 nitrogen and oxygen atoms in total. The van der Waals surface area contributed by atoms with Crippen molar-refractivity contribution in [3.05, 3.63) is 23.8 Å². The summed E-state index contributed by atoms with van der Waals surface area (Å²) in [4.78, 5) is 22.9. The first kappa shape index (κ1) is 16.1. The van der Waals surface area contributed by atoms with Gasteiger partial charge in [-0.1, -0.05) is 6.07 Å². The molecule has 1 unspecified atom stereocenters. The second-order valence-corrected chi connectivity index (χ2v) is 5.30. The average molecular weight is 308 g/mol. The van der Waals surface area contributed by atoms with Crippen LogP contribution in [0.5, 0.6) is 11.5 Å². The molecule has 0 radical (unpaired) electrons. The largest absolute Gasteiger partial charge is 0.454 e. The Morgan fingerprint density at radius 3 is 2.68 bits per heavy atom. The van der Waals surface area contributed by atoms with Gasteiger partial charge in [0.15, 0.2) is 11.5 Å². The van der Waals surface area contributed by atoms with Crippen molar-refractivity contribution in [2.75, 3.05) is 13.3 Å². The molecule has 1 aliphatic heterocycles. The lowest BCUT2D eigenvalue weighted by Gasteiger charge is -2.13. The van der Waals surface area contributed by atoms with E-state index in [2.05, 4.69) is 10.6 Å². The van der Waals surface area contributed by atoms with Crippen LogP contribution in [0.2, 0.25) is 0 Å². The van der Waals surface area contributed by atoms with E-state index in [0.717, 1.165) is 0 Å². The third-order valence-electron chi connectivity index (χ3n) is 3.11. The number of aliphatic hydroxyl groups excluding tert-OH is 1. The molecule has 1 atom stereocenters. The van der Waals surface area contributed by atoms with E-state index in [1.165, 1.54) is 0 Å². The molecule has 7 heteroatoms. The molecule has 0 bridgehead atoms. The summed E-state index contributed by atoms with van der Waals surface area (Å²) in [5, 5.41) is 15.1. The molecule has 0 saturated heterocycles. The SMILES string of the molecule is CC(C)NC(=O)C(=O)NCCC(O)c1ccc2c(c1)OCO2. The number of carbonyl (C=O) groups excluding carboxylic acids is 2. The van der Waals surface area contributed by atoms with Crippen molar-refractivity contribution in [3.63, 3.8) is 0 Å². The average Bonchev–Trinajstić information content (AvgIpc) is 2.93. The highest BCUT2D eigenvalue weighted by Gasteiger charge is 2.18. The van der Waals surface area contributed by atoms with Gasteiger partial charge in [-0.05, 0) is 38.0 Å². The minimum absolute atomic E-state index is 0.0996. The van der Waals surface area contributed by atoms with Crippen LogP contribution in [0.4, 0.5) is 0 Å². The van der Waals surface area contributed by atoms with Gasteiger partial charge in [0.25, 0.3) is 0 Å². The normalized spacial score (nSPS) is 13.8. The first-order valence-corrected chi connectivity index (χ1v) is 7.13. The lowest BCUT2D eigenvalue weighted by Crippen LogP contribution is -2.43. The van der Waals surface area contributed by atoms with E-state index in [1.54, 1.807) is 32.0 Å². The van der Waals surface area contributed by atoms with Gasteiger partial charge < -0.3 is 25.2 Å². The summed E-state index contributed by atoms with van der Waals surface area (Å²) in [6, 6.07) is 5.08. The van der Waals surface area contributed by atoms with E-state index in [-0.39, 0.29) is 19.4 Å². The fourth-order valence-electron chi connectivity index (χ4n) is 2.02. The molecular weight excluding hydrogens is 288 g/mol. The van der Waals surface area contributed by atoms with Gasteiger partial charge in [-0.15, -0.1) is 0 Å². The molecule has 1 heterocycles. The zero-order chi connectivity index (χ0) is 16.1. The van der Waals surface area contributed by atoms with Gasteiger partial charge in [-0.3, -0.25) is 9.59 Å². The fraction of sp³-hybridized carbons (Fsp3) is 0.467. The zero-order valence-electron chi connectivity index (χ0n) is 12.6. The van der Waals surface area contributed by atoms with Crippen LogP contribution in [-0.4, -0.2) is 36.3 Å². The maximum atomic E-state index is 11.5. The number of rotatable bonds is 5. The van der Waals surface area contributed by atoms with Crippen LogP contribution in [0.1, 0.15) is 31.9 Å². The lowest BCUT2D eigenvalue weighted by molar-refractivity contribution is -0.139. The molecule has 2 amide bonds. The molecule has 1 aromatic rings. The van der Waals surface area contributed by atoms with Crippen molar-refractivity contribution < 1.29 is 24.2 Å². The highest BCUT2D eigenvalue weighted by Crippen LogP contribution is 2.34. The molecule has 0 aliphatic carbocycles. The van der Waals surface area contributed by atoms with Gasteiger partial charge >= 0.3 is 11.8 Å². The third kappa shape index (κ3) is 4.11. The second kappa shape index (κ2) is 7.13. The molecule has 22 heavy (non-hydrogen) atoms. The summed E-state index contributed by atoms with van der Waals surface area (Å²) in [5.41, 5.74) is 0.671. The number of fused-ring (bicyclic) bond motifs is 1. The van der Waals surface area contributed by atoms with Crippen molar-refractivity contribution in [3.8, 4) is 11.5 Å². The van der Waals surface area contributed by atoms with Gasteiger partial charge in [-0.2, -0.15) is 0 Å². The summed E-state index contributed by atoms with van der Waals surface area (Å²) in [6.07, 6.45) is -0.469. The van der Waals surface area contributed by atoms with Crippen molar-refractivity contribution >= 4 is 11.8 Å². The standard InChI is InChI=1S/C15H20N2O5/c1-9(2)17-15(20)14(19)16-6-5-11(18)10-3-4-12-13(7-10)22-8-21-12/h3-4,7,9,11,18H,5-6,8H2,1-2H3,(H,16,19)(H,17,20).